The average molecular weight is 563 g/mol. The Labute approximate surface area is 243 Å². The van der Waals surface area contributed by atoms with Gasteiger partial charge in [-0.05, 0) is 67.4 Å². The zero-order valence-electron chi connectivity index (χ0n) is 23.0. The van der Waals surface area contributed by atoms with E-state index < -0.39 is 0 Å². The van der Waals surface area contributed by atoms with Crippen molar-refractivity contribution in [2.24, 2.45) is 5.10 Å². The summed E-state index contributed by atoms with van der Waals surface area (Å²) in [6, 6.07) is 29.1. The molecule has 5 aromatic rings. The van der Waals surface area contributed by atoms with Crippen molar-refractivity contribution in [2.75, 3.05) is 12.4 Å². The van der Waals surface area contributed by atoms with Gasteiger partial charge in [-0.1, -0.05) is 59.7 Å². The first-order chi connectivity index (χ1) is 20.0. The fourth-order valence-electron chi connectivity index (χ4n) is 3.98. The minimum absolute atomic E-state index is 0.308. The number of nitrogens with one attached hydrogen (secondary N) is 2. The zero-order chi connectivity index (χ0) is 28.6. The summed E-state index contributed by atoms with van der Waals surface area (Å²) in [5.74, 6) is 0.910. The number of carbonyl (C=O) groups excluding carboxylic acids is 1. The average Bonchev–Trinajstić information content (AvgIpc) is 3.47. The highest BCUT2D eigenvalue weighted by Gasteiger charge is 2.09. The van der Waals surface area contributed by atoms with Crippen molar-refractivity contribution in [3.63, 3.8) is 0 Å². The quantitative estimate of drug-likeness (QED) is 0.136. The minimum Gasteiger partial charge on any atom is -0.493 e. The van der Waals surface area contributed by atoms with Gasteiger partial charge in [0.25, 0.3) is 5.91 Å². The summed E-state index contributed by atoms with van der Waals surface area (Å²) in [6.45, 7) is 4.55. The number of rotatable bonds is 10. The van der Waals surface area contributed by atoms with E-state index in [1.165, 1.54) is 22.5 Å². The molecule has 2 N–H and O–H groups in total. The van der Waals surface area contributed by atoms with Crippen LogP contribution in [0.1, 0.15) is 32.6 Å². The van der Waals surface area contributed by atoms with Crippen molar-refractivity contribution in [3.8, 4) is 22.8 Å². The van der Waals surface area contributed by atoms with E-state index in [9.17, 15) is 4.79 Å². The van der Waals surface area contributed by atoms with E-state index in [1.54, 1.807) is 25.5 Å². The standard InChI is InChI=1S/C33H30N4O3S/c1-22-4-8-24(9-5-22)20-40-30-17-10-25(18-31(30)39-3)19-34-37-32(38)27-13-11-26(12-14-27)29-21-41-33(36-29)35-28-15-6-23(2)7-16-28/h4-19,21H,20H2,1-3H3,(H,35,36)(H,37,38)/b34-19-. The lowest BCUT2D eigenvalue weighted by Crippen LogP contribution is -2.17. The first-order valence-electron chi connectivity index (χ1n) is 13.1. The Bertz CT molecular complexity index is 1640. The Morgan fingerprint density at radius 1 is 0.902 bits per heavy atom. The van der Waals surface area contributed by atoms with Crippen molar-refractivity contribution in [3.05, 3.63) is 124 Å². The first-order valence-corrected chi connectivity index (χ1v) is 13.9. The Balaban J connectivity index is 1.15. The molecule has 41 heavy (non-hydrogen) atoms. The van der Waals surface area contributed by atoms with Crippen LogP contribution in [0.3, 0.4) is 0 Å². The Morgan fingerprint density at radius 3 is 2.32 bits per heavy atom. The van der Waals surface area contributed by atoms with Crippen LogP contribution in [0.25, 0.3) is 11.3 Å². The molecule has 206 valence electrons. The summed E-state index contributed by atoms with van der Waals surface area (Å²) in [5, 5.41) is 10.2. The van der Waals surface area contributed by atoms with Crippen molar-refractivity contribution in [1.82, 2.24) is 10.4 Å². The fourth-order valence-corrected chi connectivity index (χ4v) is 4.72. The highest BCUT2D eigenvalue weighted by molar-refractivity contribution is 7.14. The predicted octanol–water partition coefficient (Wildman–Crippen LogP) is 7.52. The number of nitrogens with zero attached hydrogens (tertiary/aromatic N) is 2. The monoisotopic (exact) mass is 562 g/mol. The molecule has 8 heteroatoms. The fraction of sp³-hybridized carbons (Fsp3) is 0.121. The molecule has 0 aliphatic carbocycles. The number of benzene rings is 4. The number of aryl methyl sites for hydroxylation is 2. The van der Waals surface area contributed by atoms with Gasteiger partial charge >= 0.3 is 0 Å². The third kappa shape index (κ3) is 7.38. The molecule has 4 aromatic carbocycles. The Morgan fingerprint density at radius 2 is 1.61 bits per heavy atom. The van der Waals surface area contributed by atoms with Crippen LogP contribution in [0.15, 0.2) is 101 Å². The van der Waals surface area contributed by atoms with Gasteiger partial charge in [0.2, 0.25) is 0 Å². The van der Waals surface area contributed by atoms with Crippen molar-refractivity contribution >= 4 is 34.3 Å². The largest absolute Gasteiger partial charge is 0.493 e. The van der Waals surface area contributed by atoms with E-state index in [4.69, 9.17) is 9.47 Å². The summed E-state index contributed by atoms with van der Waals surface area (Å²) >= 11 is 1.53. The molecule has 0 aliphatic heterocycles. The highest BCUT2D eigenvalue weighted by atomic mass is 32.1. The van der Waals surface area contributed by atoms with Gasteiger partial charge in [-0.25, -0.2) is 10.4 Å². The van der Waals surface area contributed by atoms with Crippen molar-refractivity contribution in [1.29, 1.82) is 0 Å². The molecule has 1 heterocycles. The second-order valence-electron chi connectivity index (χ2n) is 9.49. The van der Waals surface area contributed by atoms with Gasteiger partial charge in [-0.15, -0.1) is 11.3 Å². The first kappa shape index (κ1) is 27.6. The third-order valence-corrected chi connectivity index (χ3v) is 7.09. The second-order valence-corrected chi connectivity index (χ2v) is 10.3. The molecule has 0 aliphatic rings. The number of hydrogen-bond acceptors (Lipinski definition) is 7. The molecule has 0 unspecified atom stereocenters. The van der Waals surface area contributed by atoms with Gasteiger partial charge in [0.05, 0.1) is 19.0 Å². The van der Waals surface area contributed by atoms with Gasteiger partial charge in [0.15, 0.2) is 16.6 Å². The number of ether oxygens (including phenoxy) is 2. The van der Waals surface area contributed by atoms with Gasteiger partial charge in [-0.2, -0.15) is 5.10 Å². The molecule has 5 rings (SSSR count). The number of amides is 1. The molecule has 0 bridgehead atoms. The molecule has 0 fully saturated rings. The normalized spacial score (nSPS) is 10.9. The lowest BCUT2D eigenvalue weighted by molar-refractivity contribution is 0.0955. The van der Waals surface area contributed by atoms with Crippen LogP contribution >= 0.6 is 11.3 Å². The number of anilines is 2. The molecule has 7 nitrogen and oxygen atoms in total. The number of hydrogen-bond donors (Lipinski definition) is 2. The maximum Gasteiger partial charge on any atom is 0.271 e. The van der Waals surface area contributed by atoms with Crippen molar-refractivity contribution in [2.45, 2.75) is 20.5 Å². The molecule has 1 amide bonds. The number of aromatic nitrogens is 1. The smallest absolute Gasteiger partial charge is 0.271 e. The molecule has 0 atom stereocenters. The van der Waals surface area contributed by atoms with Gasteiger partial charge in [0, 0.05) is 22.2 Å². The van der Waals surface area contributed by atoms with Gasteiger partial charge in [0.1, 0.15) is 6.61 Å². The van der Waals surface area contributed by atoms with Gasteiger partial charge < -0.3 is 14.8 Å². The van der Waals surface area contributed by atoms with E-state index in [0.29, 0.717) is 23.7 Å². The summed E-state index contributed by atoms with van der Waals surface area (Å²) < 4.78 is 11.4. The number of hydrazone groups is 1. The van der Waals surface area contributed by atoms with Crippen LogP contribution in [0.2, 0.25) is 0 Å². The van der Waals surface area contributed by atoms with E-state index in [-0.39, 0.29) is 5.91 Å². The molecular formula is C33H30N4O3S. The number of methoxy groups -OCH3 is 1. The van der Waals surface area contributed by atoms with E-state index in [0.717, 1.165) is 33.2 Å². The van der Waals surface area contributed by atoms with E-state index in [2.05, 4.69) is 58.9 Å². The van der Waals surface area contributed by atoms with Crippen molar-refractivity contribution < 1.29 is 14.3 Å². The molecule has 0 spiro atoms. The Kier molecular flexibility index (Phi) is 8.71. The van der Waals surface area contributed by atoms with Crippen LogP contribution < -0.4 is 20.2 Å². The topological polar surface area (TPSA) is 84.8 Å². The molecule has 0 radical (unpaired) electrons. The summed E-state index contributed by atoms with van der Waals surface area (Å²) in [6.07, 6.45) is 1.57. The summed E-state index contributed by atoms with van der Waals surface area (Å²) in [4.78, 5) is 17.3. The Hall–Kier alpha value is -4.95. The summed E-state index contributed by atoms with van der Waals surface area (Å²) in [7, 11) is 1.59. The highest BCUT2D eigenvalue weighted by Crippen LogP contribution is 2.29. The maximum absolute atomic E-state index is 12.6. The third-order valence-electron chi connectivity index (χ3n) is 6.33. The van der Waals surface area contributed by atoms with Gasteiger partial charge in [-0.3, -0.25) is 4.79 Å². The molecule has 1 aromatic heterocycles. The predicted molar refractivity (Wildman–Crippen MR) is 166 cm³/mol. The van der Waals surface area contributed by atoms with Crippen LogP contribution in [-0.2, 0) is 6.61 Å². The van der Waals surface area contributed by atoms with E-state index in [1.807, 2.05) is 60.0 Å². The van der Waals surface area contributed by atoms with Crippen LogP contribution in [0, 0.1) is 13.8 Å². The van der Waals surface area contributed by atoms with Crippen LogP contribution in [0.5, 0.6) is 11.5 Å². The van der Waals surface area contributed by atoms with Crippen LogP contribution in [0.4, 0.5) is 10.8 Å². The summed E-state index contributed by atoms with van der Waals surface area (Å²) in [5.41, 5.74) is 10.1. The SMILES string of the molecule is COc1cc(/C=N\NC(=O)c2ccc(-c3csc(Nc4ccc(C)cc4)n3)cc2)ccc1OCc1ccc(C)cc1. The maximum atomic E-state index is 12.6. The molecule has 0 saturated carbocycles. The number of thiazole rings is 1. The minimum atomic E-state index is -0.308. The lowest BCUT2D eigenvalue weighted by Gasteiger charge is -2.11. The lowest BCUT2D eigenvalue weighted by atomic mass is 10.1. The zero-order valence-corrected chi connectivity index (χ0v) is 23.9. The number of carbonyl (C=O) groups is 1. The molecular weight excluding hydrogens is 532 g/mol. The van der Waals surface area contributed by atoms with E-state index >= 15 is 0 Å². The molecule has 0 saturated heterocycles. The second kappa shape index (κ2) is 12.9. The van der Waals surface area contributed by atoms with Crippen LogP contribution in [-0.4, -0.2) is 24.2 Å².